The number of benzene rings is 2. The Morgan fingerprint density at radius 3 is 2.39 bits per heavy atom. The minimum atomic E-state index is -0.883. The van der Waals surface area contributed by atoms with Crippen LogP contribution in [0.1, 0.15) is 49.4 Å². The molecule has 5 nitrogen and oxygen atoms in total. The van der Waals surface area contributed by atoms with Gasteiger partial charge in [-0.1, -0.05) is 68.5 Å². The fourth-order valence-electron chi connectivity index (χ4n) is 4.51. The van der Waals surface area contributed by atoms with Crippen LogP contribution in [0.3, 0.4) is 0 Å². The molecule has 36 heavy (non-hydrogen) atoms. The van der Waals surface area contributed by atoms with Crippen LogP contribution < -0.4 is 0 Å². The van der Waals surface area contributed by atoms with Crippen molar-refractivity contribution < 1.29 is 19.7 Å². The molecule has 0 spiro atoms. The highest BCUT2D eigenvalue weighted by atomic mass is 19.1. The normalized spacial score (nSPS) is 13.6. The van der Waals surface area contributed by atoms with Crippen LogP contribution in [-0.4, -0.2) is 43.7 Å². The van der Waals surface area contributed by atoms with E-state index in [1.165, 1.54) is 17.7 Å². The monoisotopic (exact) mass is 488 g/mol. The van der Waals surface area contributed by atoms with Crippen LogP contribution in [-0.2, 0) is 6.54 Å². The van der Waals surface area contributed by atoms with Crippen molar-refractivity contribution >= 4 is 17.1 Å². The van der Waals surface area contributed by atoms with Crippen LogP contribution >= 0.6 is 0 Å². The van der Waals surface area contributed by atoms with Gasteiger partial charge in [-0.3, -0.25) is 0 Å². The highest BCUT2D eigenvalue weighted by molar-refractivity contribution is 5.98. The van der Waals surface area contributed by atoms with Crippen LogP contribution in [0.4, 0.5) is 4.39 Å². The van der Waals surface area contributed by atoms with Crippen molar-refractivity contribution in [2.75, 3.05) is 6.61 Å². The summed E-state index contributed by atoms with van der Waals surface area (Å²) in [6.45, 7) is 4.69. The predicted molar refractivity (Wildman–Crippen MR) is 142 cm³/mol. The lowest BCUT2D eigenvalue weighted by Gasteiger charge is -2.18. The van der Waals surface area contributed by atoms with Gasteiger partial charge in [0.15, 0.2) is 0 Å². The predicted octanol–water partition coefficient (Wildman–Crippen LogP) is 5.52. The molecular weight excluding hydrogens is 455 g/mol. The molecule has 4 rings (SSSR count). The molecule has 188 valence electrons. The standard InChI is InChI=1S/C30H33FN2O3/c1-20(2)29-26(13-12-24(35)18-25(36)15-17-34)28(22-8-10-23(31)11-9-22)27-14-16-33(30(27)32-29)19-21-6-4-3-5-7-21/h3-14,16,20,24-25,34-36H,15,17-19H2,1-2H3/b13-12+. The van der Waals surface area contributed by atoms with Gasteiger partial charge in [0.2, 0.25) is 0 Å². The molecule has 0 saturated carbocycles. The zero-order valence-electron chi connectivity index (χ0n) is 20.7. The molecule has 2 heterocycles. The molecule has 2 aromatic heterocycles. The average Bonchev–Trinajstić information content (AvgIpc) is 3.25. The summed E-state index contributed by atoms with van der Waals surface area (Å²) in [4.78, 5) is 5.08. The van der Waals surface area contributed by atoms with Gasteiger partial charge in [-0.25, -0.2) is 9.37 Å². The van der Waals surface area contributed by atoms with E-state index in [0.29, 0.717) is 6.54 Å². The second-order valence-corrected chi connectivity index (χ2v) is 9.44. The van der Waals surface area contributed by atoms with Crippen molar-refractivity contribution in [3.8, 4) is 11.1 Å². The topological polar surface area (TPSA) is 78.5 Å². The Morgan fingerprint density at radius 1 is 1.00 bits per heavy atom. The molecule has 2 aromatic carbocycles. The van der Waals surface area contributed by atoms with Gasteiger partial charge in [-0.05, 0) is 41.7 Å². The maximum Gasteiger partial charge on any atom is 0.141 e. The third-order valence-electron chi connectivity index (χ3n) is 6.31. The fourth-order valence-corrected chi connectivity index (χ4v) is 4.51. The van der Waals surface area contributed by atoms with Crippen molar-refractivity contribution in [1.29, 1.82) is 0 Å². The van der Waals surface area contributed by atoms with E-state index in [1.807, 2.05) is 36.5 Å². The summed E-state index contributed by atoms with van der Waals surface area (Å²) in [5, 5.41) is 30.5. The molecule has 0 aliphatic carbocycles. The van der Waals surface area contributed by atoms with Crippen LogP contribution in [0.5, 0.6) is 0 Å². The van der Waals surface area contributed by atoms with Gasteiger partial charge in [0.25, 0.3) is 0 Å². The average molecular weight is 489 g/mol. The third kappa shape index (κ3) is 5.90. The Labute approximate surface area is 211 Å². The molecule has 0 bridgehead atoms. The SMILES string of the molecule is CC(C)c1nc2c(ccn2Cc2ccccc2)c(-c2ccc(F)cc2)c1/C=C/C(O)CC(O)CCO. The zero-order valence-corrected chi connectivity index (χ0v) is 20.7. The van der Waals surface area contributed by atoms with Gasteiger partial charge in [0, 0.05) is 42.3 Å². The summed E-state index contributed by atoms with van der Waals surface area (Å²) >= 11 is 0. The number of fused-ring (bicyclic) bond motifs is 1. The van der Waals surface area contributed by atoms with Crippen molar-refractivity contribution in [2.45, 2.75) is 51.4 Å². The minimum absolute atomic E-state index is 0.0884. The summed E-state index contributed by atoms with van der Waals surface area (Å²) < 4.78 is 15.9. The first kappa shape index (κ1) is 25.8. The molecule has 4 aromatic rings. The Kier molecular flexibility index (Phi) is 8.31. The number of halogens is 1. The highest BCUT2D eigenvalue weighted by Gasteiger charge is 2.20. The molecule has 2 unspecified atom stereocenters. The Bertz CT molecular complexity index is 1310. The lowest BCUT2D eigenvalue weighted by atomic mass is 9.91. The summed E-state index contributed by atoms with van der Waals surface area (Å²) in [7, 11) is 0. The van der Waals surface area contributed by atoms with E-state index >= 15 is 0 Å². The summed E-state index contributed by atoms with van der Waals surface area (Å²) in [6, 6.07) is 18.7. The number of aliphatic hydroxyl groups excluding tert-OH is 3. The molecule has 3 N–H and O–H groups in total. The molecule has 2 atom stereocenters. The van der Waals surface area contributed by atoms with Crippen molar-refractivity contribution in [2.24, 2.45) is 0 Å². The summed E-state index contributed by atoms with van der Waals surface area (Å²) in [5.74, 6) is -0.217. The second kappa shape index (κ2) is 11.6. The number of aliphatic hydroxyl groups is 3. The molecule has 0 radical (unpaired) electrons. The second-order valence-electron chi connectivity index (χ2n) is 9.44. The van der Waals surface area contributed by atoms with Gasteiger partial charge >= 0.3 is 0 Å². The van der Waals surface area contributed by atoms with Gasteiger partial charge in [0.05, 0.1) is 17.9 Å². The van der Waals surface area contributed by atoms with E-state index in [9.17, 15) is 14.6 Å². The highest BCUT2D eigenvalue weighted by Crippen LogP contribution is 2.37. The number of aromatic nitrogens is 2. The van der Waals surface area contributed by atoms with Gasteiger partial charge in [0.1, 0.15) is 11.5 Å². The molecular formula is C30H33FN2O3. The number of hydrogen-bond acceptors (Lipinski definition) is 4. The molecule has 0 saturated heterocycles. The fraction of sp³-hybridized carbons (Fsp3) is 0.300. The Morgan fingerprint density at radius 2 is 1.72 bits per heavy atom. The van der Waals surface area contributed by atoms with E-state index < -0.39 is 12.2 Å². The molecule has 0 amide bonds. The van der Waals surface area contributed by atoms with Gasteiger partial charge < -0.3 is 19.9 Å². The maximum atomic E-state index is 13.8. The van der Waals surface area contributed by atoms with E-state index in [2.05, 4.69) is 30.5 Å². The van der Waals surface area contributed by atoms with Gasteiger partial charge in [-0.2, -0.15) is 0 Å². The van der Waals surface area contributed by atoms with Gasteiger partial charge in [-0.15, -0.1) is 0 Å². The Hall–Kier alpha value is -3.32. The van der Waals surface area contributed by atoms with Crippen molar-refractivity contribution in [1.82, 2.24) is 9.55 Å². The quantitative estimate of drug-likeness (QED) is 0.275. The van der Waals surface area contributed by atoms with E-state index in [1.54, 1.807) is 18.2 Å². The Balaban J connectivity index is 1.86. The van der Waals surface area contributed by atoms with E-state index in [-0.39, 0.29) is 31.2 Å². The maximum absolute atomic E-state index is 13.8. The number of hydrogen-bond donors (Lipinski definition) is 3. The van der Waals surface area contributed by atoms with Crippen LogP contribution in [0.25, 0.3) is 28.2 Å². The first-order valence-electron chi connectivity index (χ1n) is 12.3. The first-order chi connectivity index (χ1) is 17.4. The van der Waals surface area contributed by atoms with Crippen LogP contribution in [0.2, 0.25) is 0 Å². The van der Waals surface area contributed by atoms with Crippen molar-refractivity contribution in [3.63, 3.8) is 0 Å². The third-order valence-corrected chi connectivity index (χ3v) is 6.31. The smallest absolute Gasteiger partial charge is 0.141 e. The minimum Gasteiger partial charge on any atom is -0.396 e. The number of nitrogens with zero attached hydrogens (tertiary/aromatic N) is 2. The molecule has 0 fully saturated rings. The van der Waals surface area contributed by atoms with Crippen molar-refractivity contribution in [3.05, 3.63) is 95.6 Å². The van der Waals surface area contributed by atoms with Crippen LogP contribution in [0.15, 0.2) is 72.9 Å². The number of pyridine rings is 1. The summed E-state index contributed by atoms with van der Waals surface area (Å²) in [6.07, 6.45) is 4.20. The van der Waals surface area contributed by atoms with E-state index in [4.69, 9.17) is 10.1 Å². The first-order valence-corrected chi connectivity index (χ1v) is 12.3. The molecule has 0 aliphatic heterocycles. The zero-order chi connectivity index (χ0) is 25.7. The lowest BCUT2D eigenvalue weighted by molar-refractivity contribution is 0.0827. The van der Waals surface area contributed by atoms with E-state index in [0.717, 1.165) is 33.4 Å². The number of rotatable bonds is 10. The summed E-state index contributed by atoms with van der Waals surface area (Å²) in [5.41, 5.74) is 5.52. The molecule has 0 aliphatic rings. The largest absolute Gasteiger partial charge is 0.396 e. The molecule has 6 heteroatoms. The lowest BCUT2D eigenvalue weighted by Crippen LogP contribution is -2.17. The van der Waals surface area contributed by atoms with Crippen LogP contribution in [0, 0.1) is 5.82 Å².